The molecule has 1 saturated heterocycles. The smallest absolute Gasteiger partial charge is 0.326 e. The van der Waals surface area contributed by atoms with E-state index in [0.717, 1.165) is 6.42 Å². The molecule has 0 radical (unpaired) electrons. The Bertz CT molecular complexity index is 289. The summed E-state index contributed by atoms with van der Waals surface area (Å²) < 4.78 is 0. The van der Waals surface area contributed by atoms with E-state index in [4.69, 9.17) is 5.11 Å². The summed E-state index contributed by atoms with van der Waals surface area (Å²) in [6, 6.07) is 0.00933. The predicted octanol–water partition coefficient (Wildman–Crippen LogP) is 0.204. The van der Waals surface area contributed by atoms with E-state index in [0.29, 0.717) is 32.0 Å². The van der Waals surface area contributed by atoms with E-state index in [1.54, 1.807) is 0 Å². The summed E-state index contributed by atoms with van der Waals surface area (Å²) in [5, 5.41) is 12.2. The van der Waals surface area contributed by atoms with Crippen molar-refractivity contribution in [1.29, 1.82) is 0 Å². The van der Waals surface area contributed by atoms with Gasteiger partial charge in [0.15, 0.2) is 0 Å². The van der Waals surface area contributed by atoms with Gasteiger partial charge in [0.1, 0.15) is 6.04 Å². The third-order valence-corrected chi connectivity index (χ3v) is 3.21. The van der Waals surface area contributed by atoms with Crippen LogP contribution in [0, 0.1) is 0 Å². The highest BCUT2D eigenvalue weighted by Crippen LogP contribution is 2.20. The Morgan fingerprint density at radius 1 is 1.31 bits per heavy atom. The van der Waals surface area contributed by atoms with Gasteiger partial charge in [-0.1, -0.05) is 0 Å². The fourth-order valence-corrected chi connectivity index (χ4v) is 2.14. The third kappa shape index (κ3) is 2.72. The van der Waals surface area contributed by atoms with E-state index in [1.165, 1.54) is 17.7 Å². The number of likely N-dealkylation sites (tertiary alicyclic amines) is 1. The Hall–Kier alpha value is -1.10. The van der Waals surface area contributed by atoms with Gasteiger partial charge in [0.05, 0.1) is 0 Å². The lowest BCUT2D eigenvalue weighted by atomic mass is 10.2. The average Bonchev–Trinajstić information content (AvgIpc) is 2.93. The normalized spacial score (nSPS) is 24.8. The molecule has 1 heterocycles. The van der Waals surface area contributed by atoms with Crippen LogP contribution in [-0.4, -0.2) is 47.1 Å². The Kier molecular flexibility index (Phi) is 3.43. The van der Waals surface area contributed by atoms with Gasteiger partial charge < -0.3 is 15.3 Å². The molecule has 2 rings (SSSR count). The van der Waals surface area contributed by atoms with Gasteiger partial charge in [-0.3, -0.25) is 4.79 Å². The molecule has 0 unspecified atom stereocenters. The minimum Gasteiger partial charge on any atom is -0.480 e. The SMILES string of the molecule is O=C(O)[C@@H]1CCCN1C(=O)CCNC1CC1. The second-order valence-electron chi connectivity index (χ2n) is 4.56. The van der Waals surface area contributed by atoms with Gasteiger partial charge in [-0.15, -0.1) is 0 Å². The van der Waals surface area contributed by atoms with Crippen molar-refractivity contribution < 1.29 is 14.7 Å². The van der Waals surface area contributed by atoms with Gasteiger partial charge in [-0.25, -0.2) is 4.79 Å². The van der Waals surface area contributed by atoms with Crippen molar-refractivity contribution in [2.45, 2.75) is 44.2 Å². The number of carboxylic acids is 1. The van der Waals surface area contributed by atoms with Crippen molar-refractivity contribution in [1.82, 2.24) is 10.2 Å². The molecule has 1 aliphatic heterocycles. The molecule has 1 amide bonds. The van der Waals surface area contributed by atoms with Crippen molar-refractivity contribution in [3.63, 3.8) is 0 Å². The molecule has 5 nitrogen and oxygen atoms in total. The molecule has 2 aliphatic rings. The van der Waals surface area contributed by atoms with E-state index >= 15 is 0 Å². The molecule has 5 heteroatoms. The molecule has 1 atom stereocenters. The van der Waals surface area contributed by atoms with Crippen molar-refractivity contribution in [3.05, 3.63) is 0 Å². The largest absolute Gasteiger partial charge is 0.480 e. The number of hydrogen-bond acceptors (Lipinski definition) is 3. The van der Waals surface area contributed by atoms with Crippen LogP contribution < -0.4 is 5.32 Å². The monoisotopic (exact) mass is 226 g/mol. The molecule has 1 aliphatic carbocycles. The number of carbonyl (C=O) groups excluding carboxylic acids is 1. The first kappa shape index (κ1) is 11.4. The topological polar surface area (TPSA) is 69.6 Å². The molecule has 0 aromatic carbocycles. The summed E-state index contributed by atoms with van der Waals surface area (Å²) in [5.41, 5.74) is 0. The Morgan fingerprint density at radius 2 is 2.06 bits per heavy atom. The number of carboxylic acid groups (broad SMARTS) is 1. The number of nitrogens with one attached hydrogen (secondary N) is 1. The van der Waals surface area contributed by atoms with Crippen molar-refractivity contribution >= 4 is 11.9 Å². The Morgan fingerprint density at radius 3 is 2.69 bits per heavy atom. The summed E-state index contributed by atoms with van der Waals surface area (Å²) in [6.07, 6.45) is 4.22. The second kappa shape index (κ2) is 4.82. The molecule has 0 spiro atoms. The molecular formula is C11H18N2O3. The fourth-order valence-electron chi connectivity index (χ4n) is 2.14. The van der Waals surface area contributed by atoms with E-state index < -0.39 is 12.0 Å². The highest BCUT2D eigenvalue weighted by molar-refractivity contribution is 5.84. The van der Waals surface area contributed by atoms with Crippen LogP contribution in [0.5, 0.6) is 0 Å². The maximum Gasteiger partial charge on any atom is 0.326 e. The Balaban J connectivity index is 1.75. The highest BCUT2D eigenvalue weighted by atomic mass is 16.4. The maximum absolute atomic E-state index is 11.8. The number of aliphatic carboxylic acids is 1. The Labute approximate surface area is 94.8 Å². The number of rotatable bonds is 5. The predicted molar refractivity (Wildman–Crippen MR) is 58.0 cm³/mol. The molecular weight excluding hydrogens is 208 g/mol. The lowest BCUT2D eigenvalue weighted by Crippen LogP contribution is -2.41. The average molecular weight is 226 g/mol. The number of nitrogens with zero attached hydrogens (tertiary/aromatic N) is 1. The fraction of sp³-hybridized carbons (Fsp3) is 0.818. The quantitative estimate of drug-likeness (QED) is 0.703. The summed E-state index contributed by atoms with van der Waals surface area (Å²) in [4.78, 5) is 24.2. The van der Waals surface area contributed by atoms with Crippen LogP contribution in [0.2, 0.25) is 0 Å². The van der Waals surface area contributed by atoms with E-state index in [-0.39, 0.29) is 5.91 Å². The highest BCUT2D eigenvalue weighted by Gasteiger charge is 2.33. The van der Waals surface area contributed by atoms with Crippen LogP contribution in [0.25, 0.3) is 0 Å². The van der Waals surface area contributed by atoms with Crippen LogP contribution in [-0.2, 0) is 9.59 Å². The number of carbonyl (C=O) groups is 2. The standard InChI is InChI=1S/C11H18N2O3/c14-10(5-6-12-8-3-4-8)13-7-1-2-9(13)11(15)16/h8-9,12H,1-7H2,(H,15,16)/t9-/m0/s1. The molecule has 0 aromatic heterocycles. The summed E-state index contributed by atoms with van der Waals surface area (Å²) in [6.45, 7) is 1.27. The summed E-state index contributed by atoms with van der Waals surface area (Å²) in [5.74, 6) is -0.904. The number of hydrogen-bond donors (Lipinski definition) is 2. The first-order chi connectivity index (χ1) is 7.68. The van der Waals surface area contributed by atoms with Crippen molar-refractivity contribution in [3.8, 4) is 0 Å². The summed E-state index contributed by atoms with van der Waals surface area (Å²) in [7, 11) is 0. The van der Waals surface area contributed by atoms with Crippen LogP contribution >= 0.6 is 0 Å². The van der Waals surface area contributed by atoms with Gasteiger partial charge in [0, 0.05) is 25.6 Å². The zero-order valence-corrected chi connectivity index (χ0v) is 9.32. The first-order valence-electron chi connectivity index (χ1n) is 5.94. The lowest BCUT2D eigenvalue weighted by Gasteiger charge is -2.21. The van der Waals surface area contributed by atoms with Crippen LogP contribution in [0.4, 0.5) is 0 Å². The second-order valence-corrected chi connectivity index (χ2v) is 4.56. The summed E-state index contributed by atoms with van der Waals surface area (Å²) >= 11 is 0. The van der Waals surface area contributed by atoms with Gasteiger partial charge in [-0.05, 0) is 25.7 Å². The number of amides is 1. The van der Waals surface area contributed by atoms with Gasteiger partial charge in [0.25, 0.3) is 0 Å². The molecule has 2 fully saturated rings. The van der Waals surface area contributed by atoms with Crippen LogP contribution in [0.1, 0.15) is 32.1 Å². The molecule has 0 aromatic rings. The van der Waals surface area contributed by atoms with Gasteiger partial charge >= 0.3 is 5.97 Å². The van der Waals surface area contributed by atoms with E-state index in [9.17, 15) is 9.59 Å². The van der Waals surface area contributed by atoms with E-state index in [1.807, 2.05) is 0 Å². The lowest BCUT2D eigenvalue weighted by molar-refractivity contribution is -0.148. The van der Waals surface area contributed by atoms with Crippen LogP contribution in [0.3, 0.4) is 0 Å². The first-order valence-corrected chi connectivity index (χ1v) is 5.94. The molecule has 0 bridgehead atoms. The van der Waals surface area contributed by atoms with Gasteiger partial charge in [-0.2, -0.15) is 0 Å². The van der Waals surface area contributed by atoms with Gasteiger partial charge in [0.2, 0.25) is 5.91 Å². The zero-order chi connectivity index (χ0) is 11.5. The molecule has 16 heavy (non-hydrogen) atoms. The van der Waals surface area contributed by atoms with Crippen LogP contribution in [0.15, 0.2) is 0 Å². The van der Waals surface area contributed by atoms with Crippen molar-refractivity contribution in [2.75, 3.05) is 13.1 Å². The molecule has 1 saturated carbocycles. The zero-order valence-electron chi connectivity index (χ0n) is 9.32. The maximum atomic E-state index is 11.8. The molecule has 90 valence electrons. The minimum absolute atomic E-state index is 0.0296. The third-order valence-electron chi connectivity index (χ3n) is 3.21. The van der Waals surface area contributed by atoms with E-state index in [2.05, 4.69) is 5.32 Å². The minimum atomic E-state index is -0.874. The van der Waals surface area contributed by atoms with Crippen molar-refractivity contribution in [2.24, 2.45) is 0 Å². The molecule has 2 N–H and O–H groups in total.